The van der Waals surface area contributed by atoms with E-state index in [1.165, 1.54) is 10.9 Å². The van der Waals surface area contributed by atoms with E-state index in [-0.39, 0.29) is 5.91 Å². The molecule has 0 radical (unpaired) electrons. The molecule has 2 N–H and O–H groups in total. The zero-order valence-corrected chi connectivity index (χ0v) is 19.0. The SMILES string of the molecule is CCc1nn(-c2c(Cl)cccc2Cl)c(=O)c2cnc(Nc3ccc4c(c3)CNC(=O)C4)nc12. The van der Waals surface area contributed by atoms with Crippen LogP contribution in [0.3, 0.4) is 0 Å². The van der Waals surface area contributed by atoms with E-state index in [2.05, 4.69) is 25.7 Å². The molecule has 0 spiro atoms. The molecule has 0 atom stereocenters. The second-order valence-corrected chi connectivity index (χ2v) is 8.42. The van der Waals surface area contributed by atoms with Gasteiger partial charge in [0.1, 0.15) is 11.2 Å². The van der Waals surface area contributed by atoms with Crippen molar-refractivity contribution in [2.24, 2.45) is 0 Å². The van der Waals surface area contributed by atoms with Gasteiger partial charge in [-0.15, -0.1) is 0 Å². The molecule has 10 heteroatoms. The van der Waals surface area contributed by atoms with Crippen LogP contribution in [0.1, 0.15) is 23.7 Å². The van der Waals surface area contributed by atoms with E-state index in [0.29, 0.717) is 57.7 Å². The lowest BCUT2D eigenvalue weighted by atomic mass is 10.00. The summed E-state index contributed by atoms with van der Waals surface area (Å²) in [4.78, 5) is 33.7. The molecule has 0 bridgehead atoms. The zero-order valence-electron chi connectivity index (χ0n) is 17.5. The third-order valence-electron chi connectivity index (χ3n) is 5.48. The highest BCUT2D eigenvalue weighted by molar-refractivity contribution is 6.37. The Labute approximate surface area is 198 Å². The normalized spacial score (nSPS) is 13.0. The maximum absolute atomic E-state index is 13.2. The number of nitrogens with one attached hydrogen (secondary N) is 2. The van der Waals surface area contributed by atoms with E-state index in [1.54, 1.807) is 18.2 Å². The number of carbonyl (C=O) groups excluding carboxylic acids is 1. The van der Waals surface area contributed by atoms with Gasteiger partial charge < -0.3 is 10.6 Å². The van der Waals surface area contributed by atoms with Crippen LogP contribution < -0.4 is 16.2 Å². The van der Waals surface area contributed by atoms with Crippen molar-refractivity contribution in [1.29, 1.82) is 0 Å². The number of hydrogen-bond acceptors (Lipinski definition) is 6. The quantitative estimate of drug-likeness (QED) is 0.458. The molecule has 0 saturated carbocycles. The molecule has 0 unspecified atom stereocenters. The Balaban J connectivity index is 1.56. The van der Waals surface area contributed by atoms with Crippen LogP contribution in [0.15, 0.2) is 47.4 Å². The molecular formula is C23H18Cl2N6O2. The zero-order chi connectivity index (χ0) is 23.1. The largest absolute Gasteiger partial charge is 0.352 e. The van der Waals surface area contributed by atoms with Gasteiger partial charge in [-0.25, -0.2) is 9.97 Å². The summed E-state index contributed by atoms with van der Waals surface area (Å²) < 4.78 is 1.21. The summed E-state index contributed by atoms with van der Waals surface area (Å²) in [5, 5.41) is 11.5. The lowest BCUT2D eigenvalue weighted by Crippen LogP contribution is -2.30. The van der Waals surface area contributed by atoms with Gasteiger partial charge in [0.15, 0.2) is 0 Å². The fourth-order valence-corrected chi connectivity index (χ4v) is 4.38. The van der Waals surface area contributed by atoms with Crippen molar-refractivity contribution >= 4 is 51.6 Å². The molecule has 3 heterocycles. The van der Waals surface area contributed by atoms with Gasteiger partial charge in [-0.3, -0.25) is 9.59 Å². The Morgan fingerprint density at radius 1 is 1.12 bits per heavy atom. The predicted molar refractivity (Wildman–Crippen MR) is 128 cm³/mol. The highest BCUT2D eigenvalue weighted by Crippen LogP contribution is 2.28. The van der Waals surface area contributed by atoms with Crippen molar-refractivity contribution in [2.75, 3.05) is 5.32 Å². The molecule has 1 aliphatic heterocycles. The van der Waals surface area contributed by atoms with Gasteiger partial charge >= 0.3 is 0 Å². The molecule has 0 aliphatic carbocycles. The van der Waals surface area contributed by atoms with Crippen molar-refractivity contribution < 1.29 is 4.79 Å². The topological polar surface area (TPSA) is 102 Å². The number of para-hydroxylation sites is 1. The van der Waals surface area contributed by atoms with Crippen LogP contribution >= 0.6 is 23.2 Å². The van der Waals surface area contributed by atoms with E-state index in [0.717, 1.165) is 16.8 Å². The van der Waals surface area contributed by atoms with Gasteiger partial charge in [0, 0.05) is 18.4 Å². The van der Waals surface area contributed by atoms with Crippen molar-refractivity contribution in [3.63, 3.8) is 0 Å². The van der Waals surface area contributed by atoms with Gasteiger partial charge in [0.25, 0.3) is 5.56 Å². The Morgan fingerprint density at radius 3 is 2.67 bits per heavy atom. The highest BCUT2D eigenvalue weighted by atomic mass is 35.5. The van der Waals surface area contributed by atoms with Gasteiger partial charge in [0.05, 0.1) is 27.5 Å². The van der Waals surface area contributed by atoms with E-state index in [4.69, 9.17) is 23.2 Å². The molecule has 8 nitrogen and oxygen atoms in total. The summed E-state index contributed by atoms with van der Waals surface area (Å²) in [6.45, 7) is 2.41. The molecule has 0 fully saturated rings. The van der Waals surface area contributed by atoms with Crippen LogP contribution in [-0.2, 0) is 24.2 Å². The van der Waals surface area contributed by atoms with E-state index in [9.17, 15) is 9.59 Å². The summed E-state index contributed by atoms with van der Waals surface area (Å²) in [5.41, 5.74) is 3.81. The number of carbonyl (C=O) groups is 1. The molecule has 1 aliphatic rings. The molecule has 2 aromatic heterocycles. The van der Waals surface area contributed by atoms with Gasteiger partial charge in [0.2, 0.25) is 11.9 Å². The number of hydrogen-bond donors (Lipinski definition) is 2. The smallest absolute Gasteiger partial charge is 0.282 e. The molecule has 166 valence electrons. The second-order valence-electron chi connectivity index (χ2n) is 7.61. The molecule has 2 aromatic carbocycles. The summed E-state index contributed by atoms with van der Waals surface area (Å²) in [6.07, 6.45) is 2.39. The Kier molecular flexibility index (Phi) is 5.47. The third kappa shape index (κ3) is 3.92. The Bertz CT molecular complexity index is 1460. The second kappa shape index (κ2) is 8.46. The number of fused-ring (bicyclic) bond motifs is 2. The summed E-state index contributed by atoms with van der Waals surface area (Å²) in [6, 6.07) is 10.8. The van der Waals surface area contributed by atoms with E-state index in [1.807, 2.05) is 25.1 Å². The van der Waals surface area contributed by atoms with Crippen molar-refractivity contribution in [3.05, 3.63) is 79.8 Å². The third-order valence-corrected chi connectivity index (χ3v) is 6.09. The van der Waals surface area contributed by atoms with Crippen LogP contribution in [0.4, 0.5) is 11.6 Å². The minimum atomic E-state index is -0.409. The van der Waals surface area contributed by atoms with Crippen LogP contribution in [0.2, 0.25) is 10.0 Å². The molecular weight excluding hydrogens is 463 g/mol. The number of aryl methyl sites for hydroxylation is 1. The number of benzene rings is 2. The number of anilines is 2. The standard InChI is InChI=1S/C23H18Cl2N6O2/c1-2-18-20-15(22(33)31(30-18)21-16(24)4-3-5-17(21)25)11-27-23(29-20)28-14-7-6-12-9-19(32)26-10-13(12)8-14/h3-8,11H,2,9-10H2,1H3,(H,26,32)(H,27,28,29). The number of halogens is 2. The number of aromatic nitrogens is 4. The molecule has 0 saturated heterocycles. The monoisotopic (exact) mass is 480 g/mol. The van der Waals surface area contributed by atoms with Crippen molar-refractivity contribution in [2.45, 2.75) is 26.3 Å². The fourth-order valence-electron chi connectivity index (χ4n) is 3.83. The first-order chi connectivity index (χ1) is 15.9. The first-order valence-corrected chi connectivity index (χ1v) is 11.1. The average molecular weight is 481 g/mol. The van der Waals surface area contributed by atoms with Crippen LogP contribution in [0, 0.1) is 0 Å². The Hall–Kier alpha value is -3.49. The molecule has 1 amide bonds. The summed E-state index contributed by atoms with van der Waals surface area (Å²) >= 11 is 12.6. The first kappa shape index (κ1) is 21.4. The maximum atomic E-state index is 13.2. The molecule has 4 aromatic rings. The van der Waals surface area contributed by atoms with Gasteiger partial charge in [-0.2, -0.15) is 9.78 Å². The van der Waals surface area contributed by atoms with Crippen LogP contribution in [-0.4, -0.2) is 25.7 Å². The van der Waals surface area contributed by atoms with Gasteiger partial charge in [-0.05, 0) is 41.8 Å². The van der Waals surface area contributed by atoms with Crippen molar-refractivity contribution in [1.82, 2.24) is 25.1 Å². The van der Waals surface area contributed by atoms with E-state index < -0.39 is 5.56 Å². The van der Waals surface area contributed by atoms with E-state index >= 15 is 0 Å². The minimum Gasteiger partial charge on any atom is -0.352 e. The van der Waals surface area contributed by atoms with Gasteiger partial charge in [-0.1, -0.05) is 42.3 Å². The molecule has 33 heavy (non-hydrogen) atoms. The lowest BCUT2D eigenvalue weighted by Gasteiger charge is -2.18. The lowest BCUT2D eigenvalue weighted by molar-refractivity contribution is -0.121. The maximum Gasteiger partial charge on any atom is 0.282 e. The summed E-state index contributed by atoms with van der Waals surface area (Å²) in [5.74, 6) is 0.358. The molecule has 5 rings (SSSR count). The Morgan fingerprint density at radius 2 is 1.91 bits per heavy atom. The fraction of sp³-hybridized carbons (Fsp3) is 0.174. The predicted octanol–water partition coefficient (Wildman–Crippen LogP) is 3.96. The minimum absolute atomic E-state index is 0.0180. The first-order valence-electron chi connectivity index (χ1n) is 10.3. The summed E-state index contributed by atoms with van der Waals surface area (Å²) in [7, 11) is 0. The number of nitrogens with zero attached hydrogens (tertiary/aromatic N) is 4. The highest BCUT2D eigenvalue weighted by Gasteiger charge is 2.18. The van der Waals surface area contributed by atoms with Crippen LogP contribution in [0.5, 0.6) is 0 Å². The van der Waals surface area contributed by atoms with Crippen LogP contribution in [0.25, 0.3) is 16.6 Å². The number of rotatable bonds is 4. The van der Waals surface area contributed by atoms with Crippen molar-refractivity contribution in [3.8, 4) is 5.69 Å². The average Bonchev–Trinajstić information content (AvgIpc) is 2.80. The number of amides is 1.